The second-order valence-electron chi connectivity index (χ2n) is 3.76. The summed E-state index contributed by atoms with van der Waals surface area (Å²) in [6.07, 6.45) is 2.81. The normalized spacial score (nSPS) is 17.4. The van der Waals surface area contributed by atoms with E-state index in [4.69, 9.17) is 9.52 Å². The van der Waals surface area contributed by atoms with Crippen LogP contribution >= 0.6 is 15.9 Å². The van der Waals surface area contributed by atoms with Crippen molar-refractivity contribution in [1.29, 1.82) is 0 Å². The fourth-order valence-electron chi connectivity index (χ4n) is 1.47. The summed E-state index contributed by atoms with van der Waals surface area (Å²) in [6, 6.07) is 1.36. The first-order valence-corrected chi connectivity index (χ1v) is 7.22. The Kier molecular flexibility index (Phi) is 3.39. The lowest BCUT2D eigenvalue weighted by Gasteiger charge is -2.25. The van der Waals surface area contributed by atoms with Crippen LogP contribution in [0.15, 0.2) is 20.0 Å². The monoisotopic (exact) mass is 309 g/mol. The molecule has 2 N–H and O–H groups in total. The molecule has 2 rings (SSSR count). The maximum absolute atomic E-state index is 11.9. The number of nitrogens with one attached hydrogen (secondary N) is 1. The number of aliphatic hydroxyl groups is 1. The number of aliphatic hydroxyl groups excluding tert-OH is 1. The van der Waals surface area contributed by atoms with Gasteiger partial charge in [0.15, 0.2) is 4.67 Å². The van der Waals surface area contributed by atoms with E-state index in [0.717, 1.165) is 19.3 Å². The largest absolute Gasteiger partial charge is 0.450 e. The molecule has 1 aliphatic rings. The summed E-state index contributed by atoms with van der Waals surface area (Å²) in [5, 5.41) is 8.85. The number of hydrogen-bond donors (Lipinski definition) is 2. The number of rotatable bonds is 4. The highest BCUT2D eigenvalue weighted by Gasteiger charge is 2.28. The molecule has 0 saturated heterocycles. The van der Waals surface area contributed by atoms with Gasteiger partial charge in [0.25, 0.3) is 0 Å². The first kappa shape index (κ1) is 12.1. The average molecular weight is 310 g/mol. The highest BCUT2D eigenvalue weighted by atomic mass is 79.9. The van der Waals surface area contributed by atoms with Crippen LogP contribution in [-0.4, -0.2) is 19.6 Å². The lowest BCUT2D eigenvalue weighted by atomic mass is 9.94. The summed E-state index contributed by atoms with van der Waals surface area (Å²) in [4.78, 5) is 0.0449. The van der Waals surface area contributed by atoms with Crippen molar-refractivity contribution in [3.05, 3.63) is 16.5 Å². The summed E-state index contributed by atoms with van der Waals surface area (Å²) >= 11 is 3.03. The van der Waals surface area contributed by atoms with Crippen LogP contribution in [0.1, 0.15) is 25.0 Å². The molecule has 7 heteroatoms. The van der Waals surface area contributed by atoms with Crippen molar-refractivity contribution >= 4 is 26.0 Å². The van der Waals surface area contributed by atoms with Gasteiger partial charge in [-0.1, -0.05) is 6.42 Å². The Bertz CT molecular complexity index is 478. The molecule has 1 aliphatic carbocycles. The molecular formula is C9H12BrNO4S. The van der Waals surface area contributed by atoms with E-state index in [-0.39, 0.29) is 28.0 Å². The highest BCUT2D eigenvalue weighted by molar-refractivity contribution is 9.10. The number of sulfonamides is 1. The van der Waals surface area contributed by atoms with Gasteiger partial charge in [0.1, 0.15) is 17.3 Å². The SMILES string of the molecule is O=S(=O)(NC1CCC1)c1cc(CO)oc1Br. The van der Waals surface area contributed by atoms with E-state index < -0.39 is 10.0 Å². The Morgan fingerprint density at radius 2 is 2.25 bits per heavy atom. The molecule has 0 bridgehead atoms. The van der Waals surface area contributed by atoms with E-state index >= 15 is 0 Å². The van der Waals surface area contributed by atoms with Crippen molar-refractivity contribution in [2.24, 2.45) is 0 Å². The first-order valence-electron chi connectivity index (χ1n) is 4.94. The van der Waals surface area contributed by atoms with E-state index in [1.165, 1.54) is 6.07 Å². The first-order chi connectivity index (χ1) is 7.53. The minimum absolute atomic E-state index is 0.0318. The van der Waals surface area contributed by atoms with Crippen LogP contribution < -0.4 is 4.72 Å². The summed E-state index contributed by atoms with van der Waals surface area (Å²) in [5.41, 5.74) is 0. The third-order valence-electron chi connectivity index (χ3n) is 2.58. The predicted octanol–water partition coefficient (Wildman–Crippen LogP) is 1.37. The molecule has 0 aromatic carbocycles. The lowest BCUT2D eigenvalue weighted by Crippen LogP contribution is -2.39. The lowest BCUT2D eigenvalue weighted by molar-refractivity contribution is 0.245. The minimum Gasteiger partial charge on any atom is -0.450 e. The third kappa shape index (κ3) is 2.32. The van der Waals surface area contributed by atoms with Crippen LogP contribution in [0, 0.1) is 0 Å². The molecule has 1 heterocycles. The standard InChI is InChI=1S/C9H12BrNO4S/c10-9-8(4-7(5-12)15-9)16(13,14)11-6-2-1-3-6/h4,6,11-12H,1-3,5H2. The van der Waals surface area contributed by atoms with Crippen LogP contribution in [0.2, 0.25) is 0 Å². The summed E-state index contributed by atoms with van der Waals surface area (Å²) in [6.45, 7) is -0.322. The molecule has 1 aromatic heterocycles. The molecule has 1 fully saturated rings. The van der Waals surface area contributed by atoms with Gasteiger partial charge in [-0.2, -0.15) is 0 Å². The fourth-order valence-corrected chi connectivity index (χ4v) is 3.77. The maximum atomic E-state index is 11.9. The highest BCUT2D eigenvalue weighted by Crippen LogP contribution is 2.28. The molecule has 0 unspecified atom stereocenters. The Hall–Kier alpha value is -0.370. The topological polar surface area (TPSA) is 79.5 Å². The van der Waals surface area contributed by atoms with Crippen molar-refractivity contribution in [3.63, 3.8) is 0 Å². The fraction of sp³-hybridized carbons (Fsp3) is 0.556. The summed E-state index contributed by atoms with van der Waals surface area (Å²) in [5.74, 6) is 0.223. The molecule has 1 aromatic rings. The summed E-state index contributed by atoms with van der Waals surface area (Å²) < 4.78 is 31.6. The Labute approximate surface area is 102 Å². The molecule has 0 atom stereocenters. The van der Waals surface area contributed by atoms with Gasteiger partial charge in [0.05, 0.1) is 0 Å². The van der Waals surface area contributed by atoms with Crippen molar-refractivity contribution < 1.29 is 17.9 Å². The zero-order valence-corrected chi connectivity index (χ0v) is 10.8. The van der Waals surface area contributed by atoms with Crippen LogP contribution in [0.4, 0.5) is 0 Å². The molecule has 0 radical (unpaired) electrons. The molecule has 1 saturated carbocycles. The summed E-state index contributed by atoms with van der Waals surface area (Å²) in [7, 11) is -3.54. The quantitative estimate of drug-likeness (QED) is 0.880. The zero-order valence-electron chi connectivity index (χ0n) is 8.44. The van der Waals surface area contributed by atoms with Gasteiger partial charge in [0.2, 0.25) is 10.0 Å². The van der Waals surface area contributed by atoms with Crippen LogP contribution in [-0.2, 0) is 16.6 Å². The zero-order chi connectivity index (χ0) is 11.8. The molecule has 90 valence electrons. The Morgan fingerprint density at radius 3 is 2.69 bits per heavy atom. The minimum atomic E-state index is -3.54. The van der Waals surface area contributed by atoms with Gasteiger partial charge in [-0.3, -0.25) is 0 Å². The molecular weight excluding hydrogens is 298 g/mol. The van der Waals surface area contributed by atoms with Crippen molar-refractivity contribution in [3.8, 4) is 0 Å². The van der Waals surface area contributed by atoms with Crippen molar-refractivity contribution in [2.45, 2.75) is 36.8 Å². The van der Waals surface area contributed by atoms with E-state index in [2.05, 4.69) is 20.7 Å². The molecule has 5 nitrogen and oxygen atoms in total. The second-order valence-corrected chi connectivity index (χ2v) is 6.16. The molecule has 0 amide bonds. The second kappa shape index (κ2) is 4.48. The van der Waals surface area contributed by atoms with Gasteiger partial charge in [-0.15, -0.1) is 0 Å². The molecule has 16 heavy (non-hydrogen) atoms. The molecule has 0 spiro atoms. The van der Waals surface area contributed by atoms with Crippen LogP contribution in [0.3, 0.4) is 0 Å². The maximum Gasteiger partial charge on any atom is 0.245 e. The van der Waals surface area contributed by atoms with Crippen molar-refractivity contribution in [1.82, 2.24) is 4.72 Å². The van der Waals surface area contributed by atoms with E-state index in [1.54, 1.807) is 0 Å². The van der Waals surface area contributed by atoms with Crippen LogP contribution in [0.25, 0.3) is 0 Å². The van der Waals surface area contributed by atoms with Gasteiger partial charge in [-0.25, -0.2) is 13.1 Å². The van der Waals surface area contributed by atoms with Crippen LogP contribution in [0.5, 0.6) is 0 Å². The van der Waals surface area contributed by atoms with Gasteiger partial charge < -0.3 is 9.52 Å². The third-order valence-corrected chi connectivity index (χ3v) is 4.96. The van der Waals surface area contributed by atoms with Gasteiger partial charge >= 0.3 is 0 Å². The Morgan fingerprint density at radius 1 is 1.56 bits per heavy atom. The number of halogens is 1. The Balaban J connectivity index is 2.23. The number of hydrogen-bond acceptors (Lipinski definition) is 4. The van der Waals surface area contributed by atoms with E-state index in [0.29, 0.717) is 0 Å². The van der Waals surface area contributed by atoms with Crippen molar-refractivity contribution in [2.75, 3.05) is 0 Å². The molecule has 0 aliphatic heterocycles. The predicted molar refractivity (Wildman–Crippen MR) is 60.3 cm³/mol. The van der Waals surface area contributed by atoms with Gasteiger partial charge in [0, 0.05) is 12.1 Å². The van der Waals surface area contributed by atoms with E-state index in [9.17, 15) is 8.42 Å². The average Bonchev–Trinajstić information content (AvgIpc) is 2.54. The van der Waals surface area contributed by atoms with Gasteiger partial charge in [-0.05, 0) is 28.8 Å². The smallest absolute Gasteiger partial charge is 0.245 e. The van der Waals surface area contributed by atoms with E-state index in [1.807, 2.05) is 0 Å². The number of furan rings is 1.